The van der Waals surface area contributed by atoms with Gasteiger partial charge in [-0.3, -0.25) is 0 Å². The van der Waals surface area contributed by atoms with Crippen molar-refractivity contribution in [2.24, 2.45) is 5.73 Å². The van der Waals surface area contributed by atoms with Gasteiger partial charge in [0, 0.05) is 19.1 Å². The van der Waals surface area contributed by atoms with E-state index in [2.05, 4.69) is 43.4 Å². The Hall–Kier alpha value is -0.860. The molecule has 1 aromatic rings. The lowest BCUT2D eigenvalue weighted by Crippen LogP contribution is -2.30. The molecule has 1 aromatic carbocycles. The maximum Gasteiger partial charge on any atom is 0.0206 e. The fourth-order valence-corrected chi connectivity index (χ4v) is 1.64. The van der Waals surface area contributed by atoms with Gasteiger partial charge in [0.2, 0.25) is 0 Å². The molecule has 0 bridgehead atoms. The zero-order valence-electron chi connectivity index (χ0n) is 10.7. The standard InChI is InChI=1S/C14H24N2/c1-4-11(2)14-7-5-13(6-8-14)10-16-9-12(3)15/h5-8,11-12,16H,4,9-10,15H2,1-3H3. The van der Waals surface area contributed by atoms with Crippen LogP contribution in [0.15, 0.2) is 24.3 Å². The van der Waals surface area contributed by atoms with Gasteiger partial charge in [0.1, 0.15) is 0 Å². The molecule has 0 aliphatic rings. The molecule has 2 heteroatoms. The summed E-state index contributed by atoms with van der Waals surface area (Å²) in [7, 11) is 0. The first-order valence-corrected chi connectivity index (χ1v) is 6.18. The molecule has 0 amide bonds. The highest BCUT2D eigenvalue weighted by molar-refractivity contribution is 5.24. The van der Waals surface area contributed by atoms with Crippen molar-refractivity contribution in [1.29, 1.82) is 0 Å². The molecule has 0 aromatic heterocycles. The molecular formula is C14H24N2. The quantitative estimate of drug-likeness (QED) is 0.773. The van der Waals surface area contributed by atoms with Crippen molar-refractivity contribution < 1.29 is 0 Å². The normalized spacial score (nSPS) is 14.8. The Bertz CT molecular complexity index is 290. The second kappa shape index (κ2) is 6.66. The Labute approximate surface area is 99.2 Å². The second-order valence-electron chi connectivity index (χ2n) is 4.66. The van der Waals surface area contributed by atoms with Crippen LogP contribution in [0.2, 0.25) is 0 Å². The van der Waals surface area contributed by atoms with E-state index >= 15 is 0 Å². The van der Waals surface area contributed by atoms with Gasteiger partial charge in [0.25, 0.3) is 0 Å². The molecule has 3 N–H and O–H groups in total. The summed E-state index contributed by atoms with van der Waals surface area (Å²) in [6, 6.07) is 9.10. The molecule has 0 saturated heterocycles. The average Bonchev–Trinajstić information content (AvgIpc) is 2.28. The van der Waals surface area contributed by atoms with Crippen molar-refractivity contribution in [3.8, 4) is 0 Å². The monoisotopic (exact) mass is 220 g/mol. The van der Waals surface area contributed by atoms with Gasteiger partial charge in [0.05, 0.1) is 0 Å². The number of hydrogen-bond acceptors (Lipinski definition) is 2. The van der Waals surface area contributed by atoms with E-state index in [4.69, 9.17) is 5.73 Å². The first-order chi connectivity index (χ1) is 7.63. The SMILES string of the molecule is CCC(C)c1ccc(CNCC(C)N)cc1. The molecule has 0 fully saturated rings. The van der Waals surface area contributed by atoms with E-state index < -0.39 is 0 Å². The van der Waals surface area contributed by atoms with Gasteiger partial charge >= 0.3 is 0 Å². The van der Waals surface area contributed by atoms with Crippen LogP contribution in [0, 0.1) is 0 Å². The van der Waals surface area contributed by atoms with Crippen LogP contribution in [0.25, 0.3) is 0 Å². The van der Waals surface area contributed by atoms with Crippen LogP contribution in [0.1, 0.15) is 44.2 Å². The second-order valence-corrected chi connectivity index (χ2v) is 4.66. The number of nitrogens with one attached hydrogen (secondary N) is 1. The van der Waals surface area contributed by atoms with Crippen LogP contribution in [-0.4, -0.2) is 12.6 Å². The molecule has 0 radical (unpaired) electrons. The van der Waals surface area contributed by atoms with Crippen LogP contribution in [0.5, 0.6) is 0 Å². The molecule has 2 unspecified atom stereocenters. The topological polar surface area (TPSA) is 38.0 Å². The van der Waals surface area contributed by atoms with Gasteiger partial charge in [-0.2, -0.15) is 0 Å². The van der Waals surface area contributed by atoms with E-state index in [9.17, 15) is 0 Å². The highest BCUT2D eigenvalue weighted by Gasteiger charge is 2.02. The Morgan fingerprint density at radius 3 is 2.31 bits per heavy atom. The summed E-state index contributed by atoms with van der Waals surface area (Å²) in [5.41, 5.74) is 8.43. The summed E-state index contributed by atoms with van der Waals surface area (Å²) >= 11 is 0. The number of rotatable bonds is 6. The maximum absolute atomic E-state index is 5.68. The van der Waals surface area contributed by atoms with E-state index in [0.717, 1.165) is 13.1 Å². The number of nitrogens with two attached hydrogens (primary N) is 1. The minimum atomic E-state index is 0.222. The Morgan fingerprint density at radius 2 is 1.81 bits per heavy atom. The van der Waals surface area contributed by atoms with Crippen molar-refractivity contribution in [1.82, 2.24) is 5.32 Å². The first kappa shape index (κ1) is 13.2. The number of benzene rings is 1. The fraction of sp³-hybridized carbons (Fsp3) is 0.571. The zero-order chi connectivity index (χ0) is 12.0. The van der Waals surface area contributed by atoms with Crippen LogP contribution in [-0.2, 0) is 6.54 Å². The van der Waals surface area contributed by atoms with Crippen molar-refractivity contribution in [2.75, 3.05) is 6.54 Å². The predicted octanol–water partition coefficient (Wildman–Crippen LogP) is 2.64. The van der Waals surface area contributed by atoms with Gasteiger partial charge in [-0.1, -0.05) is 38.1 Å². The van der Waals surface area contributed by atoms with Crippen molar-refractivity contribution in [3.05, 3.63) is 35.4 Å². The average molecular weight is 220 g/mol. The summed E-state index contributed by atoms with van der Waals surface area (Å²) < 4.78 is 0. The molecule has 0 heterocycles. The molecular weight excluding hydrogens is 196 g/mol. The molecule has 90 valence electrons. The van der Waals surface area contributed by atoms with E-state index in [1.54, 1.807) is 0 Å². The maximum atomic E-state index is 5.68. The van der Waals surface area contributed by atoms with Crippen LogP contribution >= 0.6 is 0 Å². The molecule has 16 heavy (non-hydrogen) atoms. The lowest BCUT2D eigenvalue weighted by Gasteiger charge is -2.11. The van der Waals surface area contributed by atoms with E-state index in [-0.39, 0.29) is 6.04 Å². The predicted molar refractivity (Wildman–Crippen MR) is 70.5 cm³/mol. The Balaban J connectivity index is 2.45. The summed E-state index contributed by atoms with van der Waals surface area (Å²) in [6.07, 6.45) is 1.20. The van der Waals surface area contributed by atoms with Gasteiger partial charge < -0.3 is 11.1 Å². The van der Waals surface area contributed by atoms with Crippen molar-refractivity contribution in [3.63, 3.8) is 0 Å². The molecule has 0 spiro atoms. The summed E-state index contributed by atoms with van der Waals surface area (Å²) in [6.45, 7) is 8.28. The van der Waals surface area contributed by atoms with E-state index in [1.165, 1.54) is 17.5 Å². The molecule has 2 nitrogen and oxygen atoms in total. The minimum absolute atomic E-state index is 0.222. The molecule has 2 atom stereocenters. The van der Waals surface area contributed by atoms with E-state index in [1.807, 2.05) is 6.92 Å². The van der Waals surface area contributed by atoms with Crippen LogP contribution in [0.4, 0.5) is 0 Å². The summed E-state index contributed by atoms with van der Waals surface area (Å²) in [5.74, 6) is 0.658. The molecule has 1 rings (SSSR count). The smallest absolute Gasteiger partial charge is 0.0206 e. The Kier molecular flexibility index (Phi) is 5.50. The highest BCUT2D eigenvalue weighted by Crippen LogP contribution is 2.18. The minimum Gasteiger partial charge on any atom is -0.327 e. The van der Waals surface area contributed by atoms with Crippen LogP contribution in [0.3, 0.4) is 0 Å². The fourth-order valence-electron chi connectivity index (χ4n) is 1.64. The lowest BCUT2D eigenvalue weighted by atomic mass is 9.98. The summed E-state index contributed by atoms with van der Waals surface area (Å²) in [5, 5.41) is 3.34. The summed E-state index contributed by atoms with van der Waals surface area (Å²) in [4.78, 5) is 0. The third-order valence-corrected chi connectivity index (χ3v) is 2.96. The van der Waals surface area contributed by atoms with E-state index in [0.29, 0.717) is 5.92 Å². The first-order valence-electron chi connectivity index (χ1n) is 6.18. The van der Waals surface area contributed by atoms with Gasteiger partial charge in [-0.05, 0) is 30.4 Å². The number of hydrogen-bond donors (Lipinski definition) is 2. The molecule has 0 saturated carbocycles. The largest absolute Gasteiger partial charge is 0.327 e. The van der Waals surface area contributed by atoms with Gasteiger partial charge in [-0.25, -0.2) is 0 Å². The Morgan fingerprint density at radius 1 is 1.19 bits per heavy atom. The van der Waals surface area contributed by atoms with Crippen molar-refractivity contribution in [2.45, 2.75) is 45.7 Å². The van der Waals surface area contributed by atoms with Gasteiger partial charge in [0.15, 0.2) is 0 Å². The third kappa shape index (κ3) is 4.33. The van der Waals surface area contributed by atoms with Crippen molar-refractivity contribution >= 4 is 0 Å². The highest BCUT2D eigenvalue weighted by atomic mass is 14.9. The van der Waals surface area contributed by atoms with Gasteiger partial charge in [-0.15, -0.1) is 0 Å². The molecule has 0 aliphatic carbocycles. The third-order valence-electron chi connectivity index (χ3n) is 2.96. The lowest BCUT2D eigenvalue weighted by molar-refractivity contribution is 0.608. The zero-order valence-corrected chi connectivity index (χ0v) is 10.7. The molecule has 0 aliphatic heterocycles. The van der Waals surface area contributed by atoms with Crippen LogP contribution < -0.4 is 11.1 Å².